The predicted molar refractivity (Wildman–Crippen MR) is 58.7 cm³/mol. The molecule has 1 aliphatic rings. The Kier molecular flexibility index (Phi) is 3.08. The first-order valence-corrected chi connectivity index (χ1v) is 4.70. The molecule has 0 saturated carbocycles. The zero-order valence-corrected chi connectivity index (χ0v) is 8.37. The Balaban J connectivity index is 1.92. The standard InChI is InChI=1S/C11H9N4O/c16-11(13-10-8-12-15-14-10)7-6-9-4-2-1-3-5-9/h1-8H,(H,13,16)/b7-6+. The van der Waals surface area contributed by atoms with Crippen molar-refractivity contribution in [2.75, 3.05) is 0 Å². The average molecular weight is 213 g/mol. The van der Waals surface area contributed by atoms with Crippen molar-refractivity contribution in [3.8, 4) is 0 Å². The molecule has 0 bridgehead atoms. The normalized spacial score (nSPS) is 13.6. The predicted octanol–water partition coefficient (Wildman–Crippen LogP) is 1.60. The molecule has 0 atom stereocenters. The Morgan fingerprint density at radius 3 is 2.75 bits per heavy atom. The van der Waals surface area contributed by atoms with Gasteiger partial charge in [0.1, 0.15) is 0 Å². The van der Waals surface area contributed by atoms with Crippen LogP contribution in [0.3, 0.4) is 0 Å². The van der Waals surface area contributed by atoms with E-state index in [1.807, 2.05) is 30.3 Å². The minimum absolute atomic E-state index is 0.258. The summed E-state index contributed by atoms with van der Waals surface area (Å²) in [6, 6.07) is 9.55. The molecule has 79 valence electrons. The maximum atomic E-state index is 11.4. The molecule has 1 aromatic rings. The minimum atomic E-state index is -0.258. The summed E-state index contributed by atoms with van der Waals surface area (Å²) in [6.45, 7) is 0. The van der Waals surface area contributed by atoms with Crippen LogP contribution in [0.5, 0.6) is 0 Å². The monoisotopic (exact) mass is 213 g/mol. The summed E-state index contributed by atoms with van der Waals surface area (Å²) in [6.07, 6.45) is 4.54. The lowest BCUT2D eigenvalue weighted by molar-refractivity contribution is -0.115. The Labute approximate surface area is 92.5 Å². The molecule has 1 amide bonds. The van der Waals surface area contributed by atoms with Gasteiger partial charge in [0.2, 0.25) is 5.91 Å². The third-order valence-corrected chi connectivity index (χ3v) is 1.86. The van der Waals surface area contributed by atoms with Crippen LogP contribution in [0.1, 0.15) is 5.56 Å². The first-order valence-electron chi connectivity index (χ1n) is 4.70. The van der Waals surface area contributed by atoms with E-state index in [-0.39, 0.29) is 5.91 Å². The number of rotatable bonds is 3. The van der Waals surface area contributed by atoms with E-state index in [1.54, 1.807) is 6.08 Å². The summed E-state index contributed by atoms with van der Waals surface area (Å²) in [5.41, 5.74) is 4.46. The van der Waals surface area contributed by atoms with Gasteiger partial charge in [-0.05, 0) is 16.9 Å². The second-order valence-electron chi connectivity index (χ2n) is 3.05. The highest BCUT2D eigenvalue weighted by Gasteiger charge is 2.03. The van der Waals surface area contributed by atoms with Crippen LogP contribution in [-0.2, 0) is 4.79 Å². The van der Waals surface area contributed by atoms with Crippen molar-refractivity contribution >= 4 is 12.0 Å². The highest BCUT2D eigenvalue weighted by molar-refractivity contribution is 5.92. The molecule has 1 heterocycles. The lowest BCUT2D eigenvalue weighted by Gasteiger charge is -1.96. The number of carbonyl (C=O) groups excluding carboxylic acids is 1. The fraction of sp³-hybridized carbons (Fsp3) is 0. The van der Waals surface area contributed by atoms with Crippen LogP contribution in [-0.4, -0.2) is 5.91 Å². The molecule has 1 aliphatic heterocycles. The maximum absolute atomic E-state index is 11.4. The summed E-state index contributed by atoms with van der Waals surface area (Å²) in [4.78, 5) is 11.4. The number of benzene rings is 1. The third-order valence-electron chi connectivity index (χ3n) is 1.86. The quantitative estimate of drug-likeness (QED) is 0.761. The molecular weight excluding hydrogens is 204 g/mol. The smallest absolute Gasteiger partial charge is 0.249 e. The minimum Gasteiger partial charge on any atom is -0.304 e. The Hall–Kier alpha value is -2.43. The topological polar surface area (TPSA) is 67.9 Å². The third kappa shape index (κ3) is 2.78. The molecular formula is C11H9N4O. The first kappa shape index (κ1) is 10.1. The lowest BCUT2D eigenvalue weighted by atomic mass is 10.2. The zero-order valence-electron chi connectivity index (χ0n) is 8.37. The zero-order chi connectivity index (χ0) is 11.2. The fourth-order valence-corrected chi connectivity index (χ4v) is 1.14. The van der Waals surface area contributed by atoms with Crippen LogP contribution in [0.15, 0.2) is 58.8 Å². The molecule has 5 nitrogen and oxygen atoms in total. The second-order valence-corrected chi connectivity index (χ2v) is 3.05. The summed E-state index contributed by atoms with van der Waals surface area (Å²) < 4.78 is 0. The molecule has 0 fully saturated rings. The SMILES string of the molecule is O=C(/C=C/c1ccccc1)NC1=C[N]N=N1. The Morgan fingerprint density at radius 2 is 2.06 bits per heavy atom. The van der Waals surface area contributed by atoms with Crippen LogP contribution >= 0.6 is 0 Å². The van der Waals surface area contributed by atoms with Crippen molar-refractivity contribution in [2.24, 2.45) is 10.3 Å². The van der Waals surface area contributed by atoms with Crippen LogP contribution in [0.2, 0.25) is 0 Å². The number of hydrogen-bond donors (Lipinski definition) is 1. The van der Waals surface area contributed by atoms with Gasteiger partial charge in [0.15, 0.2) is 5.82 Å². The van der Waals surface area contributed by atoms with E-state index in [1.165, 1.54) is 12.3 Å². The number of nitrogens with zero attached hydrogens (tertiary/aromatic N) is 3. The maximum Gasteiger partial charge on any atom is 0.249 e. The van der Waals surface area contributed by atoms with Crippen molar-refractivity contribution in [3.63, 3.8) is 0 Å². The lowest BCUT2D eigenvalue weighted by Crippen LogP contribution is -2.18. The van der Waals surface area contributed by atoms with Gasteiger partial charge in [0.25, 0.3) is 0 Å². The summed E-state index contributed by atoms with van der Waals surface area (Å²) >= 11 is 0. The van der Waals surface area contributed by atoms with Gasteiger partial charge in [-0.15, -0.1) is 10.5 Å². The van der Waals surface area contributed by atoms with Crippen LogP contribution in [0, 0.1) is 0 Å². The molecule has 2 rings (SSSR count). The van der Waals surface area contributed by atoms with Gasteiger partial charge in [-0.2, -0.15) is 0 Å². The van der Waals surface area contributed by atoms with Crippen molar-refractivity contribution < 1.29 is 4.79 Å². The molecule has 16 heavy (non-hydrogen) atoms. The number of carbonyl (C=O) groups is 1. The summed E-state index contributed by atoms with van der Waals surface area (Å²) in [5.74, 6) is 0.0915. The van der Waals surface area contributed by atoms with Crippen LogP contribution < -0.4 is 10.7 Å². The van der Waals surface area contributed by atoms with Crippen molar-refractivity contribution in [1.29, 1.82) is 0 Å². The molecule has 0 aliphatic carbocycles. The van der Waals surface area contributed by atoms with Crippen molar-refractivity contribution in [2.45, 2.75) is 0 Å². The van der Waals surface area contributed by atoms with Gasteiger partial charge in [0, 0.05) is 6.08 Å². The van der Waals surface area contributed by atoms with Gasteiger partial charge in [0.05, 0.1) is 6.20 Å². The summed E-state index contributed by atoms with van der Waals surface area (Å²) in [5, 5.41) is 9.47. The van der Waals surface area contributed by atoms with E-state index in [4.69, 9.17) is 0 Å². The molecule has 0 aromatic heterocycles. The van der Waals surface area contributed by atoms with Crippen molar-refractivity contribution in [1.82, 2.24) is 10.7 Å². The van der Waals surface area contributed by atoms with Crippen molar-refractivity contribution in [3.05, 3.63) is 54.0 Å². The van der Waals surface area contributed by atoms with E-state index < -0.39 is 0 Å². The summed E-state index contributed by atoms with van der Waals surface area (Å²) in [7, 11) is 0. The van der Waals surface area contributed by atoms with Crippen LogP contribution in [0.4, 0.5) is 0 Å². The molecule has 1 aromatic carbocycles. The van der Waals surface area contributed by atoms with E-state index in [0.29, 0.717) is 5.82 Å². The largest absolute Gasteiger partial charge is 0.304 e. The number of hydrogen-bond acceptors (Lipinski definition) is 3. The van der Waals surface area contributed by atoms with Gasteiger partial charge in [-0.25, -0.2) is 0 Å². The van der Waals surface area contributed by atoms with Gasteiger partial charge in [-0.3, -0.25) is 4.79 Å². The van der Waals surface area contributed by atoms with E-state index in [0.717, 1.165) is 5.56 Å². The molecule has 0 spiro atoms. The first-order chi connectivity index (χ1) is 7.84. The molecule has 5 heteroatoms. The average Bonchev–Trinajstić information content (AvgIpc) is 2.81. The highest BCUT2D eigenvalue weighted by atomic mass is 16.1. The Morgan fingerprint density at radius 1 is 1.25 bits per heavy atom. The van der Waals surface area contributed by atoms with Gasteiger partial charge in [-0.1, -0.05) is 30.3 Å². The van der Waals surface area contributed by atoms with E-state index >= 15 is 0 Å². The number of amides is 1. The van der Waals surface area contributed by atoms with Crippen LogP contribution in [0.25, 0.3) is 6.08 Å². The Bertz CT molecular complexity index is 462. The van der Waals surface area contributed by atoms with Gasteiger partial charge < -0.3 is 5.32 Å². The van der Waals surface area contributed by atoms with Gasteiger partial charge >= 0.3 is 0 Å². The van der Waals surface area contributed by atoms with E-state index in [2.05, 4.69) is 21.1 Å². The fourth-order valence-electron chi connectivity index (χ4n) is 1.14. The van der Waals surface area contributed by atoms with E-state index in [9.17, 15) is 4.79 Å². The molecule has 1 N–H and O–H groups in total. The molecule has 1 radical (unpaired) electrons. The highest BCUT2D eigenvalue weighted by Crippen LogP contribution is 2.02. The number of nitrogens with one attached hydrogen (secondary N) is 1. The second kappa shape index (κ2) is 4.88. The molecule has 0 saturated heterocycles. The molecule has 0 unspecified atom stereocenters.